The lowest BCUT2D eigenvalue weighted by Crippen LogP contribution is -2.30. The van der Waals surface area contributed by atoms with Gasteiger partial charge < -0.3 is 15.5 Å². The molecule has 0 saturated carbocycles. The molecule has 3 amide bonds. The van der Waals surface area contributed by atoms with E-state index < -0.39 is 5.92 Å². The van der Waals surface area contributed by atoms with E-state index in [4.69, 9.17) is 0 Å². The van der Waals surface area contributed by atoms with Crippen molar-refractivity contribution in [2.75, 3.05) is 23.3 Å². The van der Waals surface area contributed by atoms with Crippen LogP contribution >= 0.6 is 0 Å². The quantitative estimate of drug-likeness (QED) is 0.790. The largest absolute Gasteiger partial charge is 0.352 e. The van der Waals surface area contributed by atoms with Crippen LogP contribution in [0.25, 0.3) is 0 Å². The number of aryl methyl sites for hydroxylation is 1. The highest BCUT2D eigenvalue weighted by Gasteiger charge is 2.35. The van der Waals surface area contributed by atoms with E-state index in [0.717, 1.165) is 11.3 Å². The van der Waals surface area contributed by atoms with Gasteiger partial charge in [-0.15, -0.1) is 0 Å². The minimum Gasteiger partial charge on any atom is -0.352 e. The molecular formula is C23H27N3O3. The molecule has 0 bridgehead atoms. The molecule has 1 heterocycles. The first-order valence-corrected chi connectivity index (χ1v) is 9.90. The summed E-state index contributed by atoms with van der Waals surface area (Å²) in [5.41, 5.74) is 2.78. The summed E-state index contributed by atoms with van der Waals surface area (Å²) in [5.74, 6) is -0.680. The van der Waals surface area contributed by atoms with Crippen LogP contribution in [0.2, 0.25) is 0 Å². The third kappa shape index (κ3) is 5.02. The molecular weight excluding hydrogens is 366 g/mol. The van der Waals surface area contributed by atoms with Crippen molar-refractivity contribution in [3.05, 3.63) is 59.7 Å². The monoisotopic (exact) mass is 393 g/mol. The maximum atomic E-state index is 12.8. The Morgan fingerprint density at radius 3 is 2.48 bits per heavy atom. The van der Waals surface area contributed by atoms with Crippen LogP contribution < -0.4 is 15.5 Å². The van der Waals surface area contributed by atoms with Gasteiger partial charge in [-0.05, 0) is 37.1 Å². The summed E-state index contributed by atoms with van der Waals surface area (Å²) in [4.78, 5) is 39.4. The molecule has 1 atom stereocenters. The molecule has 3 rings (SSSR count). The third-order valence-corrected chi connectivity index (χ3v) is 4.94. The second kappa shape index (κ2) is 8.90. The zero-order valence-electron chi connectivity index (χ0n) is 17.1. The van der Waals surface area contributed by atoms with Crippen LogP contribution in [0.4, 0.5) is 11.4 Å². The van der Waals surface area contributed by atoms with Crippen molar-refractivity contribution in [1.82, 2.24) is 5.32 Å². The van der Waals surface area contributed by atoms with Crippen molar-refractivity contribution in [3.63, 3.8) is 0 Å². The highest BCUT2D eigenvalue weighted by atomic mass is 16.2. The molecule has 6 nitrogen and oxygen atoms in total. The Labute approximate surface area is 171 Å². The van der Waals surface area contributed by atoms with Gasteiger partial charge >= 0.3 is 0 Å². The van der Waals surface area contributed by atoms with Crippen LogP contribution in [-0.4, -0.2) is 30.8 Å². The molecule has 0 radical (unpaired) electrons. The molecule has 0 aromatic heterocycles. The van der Waals surface area contributed by atoms with Crippen molar-refractivity contribution >= 4 is 29.1 Å². The number of anilines is 2. The molecule has 1 saturated heterocycles. The summed E-state index contributed by atoms with van der Waals surface area (Å²) in [6.07, 6.45) is 0.154. The highest BCUT2D eigenvalue weighted by molar-refractivity contribution is 6.07. The summed E-state index contributed by atoms with van der Waals surface area (Å²) in [5, 5.41) is 5.71. The summed E-state index contributed by atoms with van der Waals surface area (Å²) in [7, 11) is 0. The smallest absolute Gasteiger partial charge is 0.253 e. The second-order valence-electron chi connectivity index (χ2n) is 7.88. The number of carbonyl (C=O) groups is 3. The topological polar surface area (TPSA) is 78.5 Å². The number of amides is 3. The molecule has 2 N–H and O–H groups in total. The molecule has 6 heteroatoms. The first kappa shape index (κ1) is 20.6. The van der Waals surface area contributed by atoms with E-state index in [-0.39, 0.29) is 24.1 Å². The first-order valence-electron chi connectivity index (χ1n) is 9.90. The zero-order chi connectivity index (χ0) is 21.0. The minimum atomic E-state index is -0.462. The molecule has 2 aromatic rings. The fourth-order valence-corrected chi connectivity index (χ4v) is 3.27. The maximum Gasteiger partial charge on any atom is 0.253 e. The summed E-state index contributed by atoms with van der Waals surface area (Å²) >= 11 is 0. The van der Waals surface area contributed by atoms with Crippen molar-refractivity contribution in [2.45, 2.75) is 27.2 Å². The van der Waals surface area contributed by atoms with Crippen LogP contribution in [0.15, 0.2) is 48.5 Å². The van der Waals surface area contributed by atoms with E-state index in [1.807, 2.05) is 45.0 Å². The normalized spacial score (nSPS) is 16.2. The fraction of sp³-hybridized carbons (Fsp3) is 0.348. The van der Waals surface area contributed by atoms with Gasteiger partial charge in [0.15, 0.2) is 0 Å². The first-order chi connectivity index (χ1) is 13.8. The standard InChI is InChI=1S/C23H27N3O3/c1-15(2)13-24-23(29)19-6-4-5-7-20(19)25-22(28)17-12-21(27)26(14-17)18-10-8-16(3)9-11-18/h4-11,15,17H,12-14H2,1-3H3,(H,24,29)(H,25,28)/t17-/m1/s1. The number of carbonyl (C=O) groups excluding carboxylic acids is 3. The van der Waals surface area contributed by atoms with Crippen LogP contribution in [0.3, 0.4) is 0 Å². The molecule has 1 fully saturated rings. The number of hydrogen-bond donors (Lipinski definition) is 2. The molecule has 0 aliphatic carbocycles. The van der Waals surface area contributed by atoms with E-state index in [2.05, 4.69) is 10.6 Å². The van der Waals surface area contributed by atoms with Gasteiger partial charge in [0.1, 0.15) is 0 Å². The Hall–Kier alpha value is -3.15. The fourth-order valence-electron chi connectivity index (χ4n) is 3.27. The number of nitrogens with zero attached hydrogens (tertiary/aromatic N) is 1. The van der Waals surface area contributed by atoms with Crippen molar-refractivity contribution in [2.24, 2.45) is 11.8 Å². The predicted octanol–water partition coefficient (Wildman–Crippen LogP) is 3.37. The lowest BCUT2D eigenvalue weighted by Gasteiger charge is -2.17. The Morgan fingerprint density at radius 1 is 1.10 bits per heavy atom. The number of rotatable bonds is 6. The van der Waals surface area contributed by atoms with Gasteiger partial charge in [-0.25, -0.2) is 0 Å². The van der Waals surface area contributed by atoms with Gasteiger partial charge in [0.2, 0.25) is 11.8 Å². The summed E-state index contributed by atoms with van der Waals surface area (Å²) in [6, 6.07) is 14.6. The average Bonchev–Trinajstić information content (AvgIpc) is 3.09. The average molecular weight is 393 g/mol. The Morgan fingerprint density at radius 2 is 1.79 bits per heavy atom. The van der Waals surface area contributed by atoms with E-state index in [1.54, 1.807) is 29.2 Å². The van der Waals surface area contributed by atoms with Gasteiger partial charge in [0, 0.05) is 25.2 Å². The van der Waals surface area contributed by atoms with Gasteiger partial charge in [-0.2, -0.15) is 0 Å². The summed E-state index contributed by atoms with van der Waals surface area (Å²) in [6.45, 7) is 6.91. The molecule has 1 aliphatic rings. The lowest BCUT2D eigenvalue weighted by molar-refractivity contribution is -0.122. The number of nitrogens with one attached hydrogen (secondary N) is 2. The molecule has 1 aliphatic heterocycles. The number of hydrogen-bond acceptors (Lipinski definition) is 3. The third-order valence-electron chi connectivity index (χ3n) is 4.94. The van der Waals surface area contributed by atoms with E-state index in [1.165, 1.54) is 0 Å². The van der Waals surface area contributed by atoms with Crippen molar-refractivity contribution in [3.8, 4) is 0 Å². The van der Waals surface area contributed by atoms with Crippen molar-refractivity contribution in [1.29, 1.82) is 0 Å². The lowest BCUT2D eigenvalue weighted by atomic mass is 10.1. The highest BCUT2D eigenvalue weighted by Crippen LogP contribution is 2.27. The number of benzene rings is 2. The zero-order valence-corrected chi connectivity index (χ0v) is 17.1. The second-order valence-corrected chi connectivity index (χ2v) is 7.88. The van der Waals surface area contributed by atoms with Gasteiger partial charge in [0.25, 0.3) is 5.91 Å². The molecule has 0 spiro atoms. The van der Waals surface area contributed by atoms with E-state index in [0.29, 0.717) is 30.3 Å². The minimum absolute atomic E-state index is 0.0723. The molecule has 2 aromatic carbocycles. The van der Waals surface area contributed by atoms with E-state index in [9.17, 15) is 14.4 Å². The SMILES string of the molecule is Cc1ccc(N2C[C@H](C(=O)Nc3ccccc3C(=O)NCC(C)C)CC2=O)cc1. The van der Waals surface area contributed by atoms with Crippen LogP contribution in [0.5, 0.6) is 0 Å². The van der Waals surface area contributed by atoms with Crippen LogP contribution in [0, 0.1) is 18.8 Å². The van der Waals surface area contributed by atoms with Gasteiger partial charge in [0.05, 0.1) is 17.2 Å². The molecule has 0 unspecified atom stereocenters. The van der Waals surface area contributed by atoms with Crippen molar-refractivity contribution < 1.29 is 14.4 Å². The summed E-state index contributed by atoms with van der Waals surface area (Å²) < 4.78 is 0. The van der Waals surface area contributed by atoms with Crippen LogP contribution in [0.1, 0.15) is 36.2 Å². The van der Waals surface area contributed by atoms with E-state index >= 15 is 0 Å². The Bertz CT molecular complexity index is 906. The number of para-hydroxylation sites is 1. The van der Waals surface area contributed by atoms with Gasteiger partial charge in [-0.1, -0.05) is 43.7 Å². The maximum absolute atomic E-state index is 12.8. The predicted molar refractivity (Wildman–Crippen MR) is 114 cm³/mol. The van der Waals surface area contributed by atoms with Gasteiger partial charge in [-0.3, -0.25) is 14.4 Å². The van der Waals surface area contributed by atoms with Crippen LogP contribution in [-0.2, 0) is 9.59 Å². The molecule has 152 valence electrons. The molecule has 29 heavy (non-hydrogen) atoms. The Balaban J connectivity index is 1.69. The Kier molecular flexibility index (Phi) is 6.32.